The number of hydrogen-bond acceptors (Lipinski definition) is 4. The molecule has 0 heterocycles. The maximum atomic E-state index is 10.3. The molecule has 0 unspecified atom stereocenters. The van der Waals surface area contributed by atoms with Crippen LogP contribution in [0.3, 0.4) is 0 Å². The van der Waals surface area contributed by atoms with Gasteiger partial charge in [-0.2, -0.15) is 11.2 Å². The Morgan fingerprint density at radius 2 is 1.91 bits per heavy atom. The largest absolute Gasteiger partial charge is 1.00 e. The average Bonchev–Trinajstić information content (AvgIpc) is 1.88. The van der Waals surface area contributed by atoms with Crippen LogP contribution in [0.5, 0.6) is 5.75 Å². The molecule has 0 spiro atoms. The molecular formula is C6H6NaO2S2-. The van der Waals surface area contributed by atoms with Gasteiger partial charge in [0.25, 0.3) is 0 Å². The molecule has 0 radical (unpaired) electrons. The molecule has 0 aliphatic heterocycles. The van der Waals surface area contributed by atoms with E-state index in [1.165, 1.54) is 0 Å². The van der Waals surface area contributed by atoms with Gasteiger partial charge in [0.2, 0.25) is 0 Å². The van der Waals surface area contributed by atoms with Gasteiger partial charge in [0.1, 0.15) is 0 Å². The van der Waals surface area contributed by atoms with Crippen molar-refractivity contribution in [1.29, 1.82) is 0 Å². The van der Waals surface area contributed by atoms with Crippen LogP contribution in [0.1, 0.15) is 1.43 Å². The van der Waals surface area contributed by atoms with Gasteiger partial charge >= 0.3 is 29.6 Å². The van der Waals surface area contributed by atoms with Crippen LogP contribution in [-0.4, -0.2) is 0 Å². The first kappa shape index (κ1) is 11.4. The molecule has 0 atom stereocenters. The molecule has 0 N–H and O–H groups in total. The van der Waals surface area contributed by atoms with Crippen molar-refractivity contribution in [3.05, 3.63) is 30.3 Å². The summed E-state index contributed by atoms with van der Waals surface area (Å²) in [5, 5.41) is 0. The molecule has 5 heteroatoms. The van der Waals surface area contributed by atoms with Crippen LogP contribution in [-0.2, 0) is 25.0 Å². The molecule has 0 saturated carbocycles. The van der Waals surface area contributed by atoms with E-state index < -0.39 is 9.64 Å². The second-order valence-corrected chi connectivity index (χ2v) is 2.99. The number of hydrogen-bond donors (Lipinski definition) is 0. The topological polar surface area (TPSA) is 26.3 Å². The third-order valence-corrected chi connectivity index (χ3v) is 1.44. The predicted octanol–water partition coefficient (Wildman–Crippen LogP) is -1.48. The fourth-order valence-electron chi connectivity index (χ4n) is 0.555. The van der Waals surface area contributed by atoms with Gasteiger partial charge in [0.05, 0.1) is 5.75 Å². The van der Waals surface area contributed by atoms with Crippen molar-refractivity contribution in [2.75, 3.05) is 0 Å². The summed E-state index contributed by atoms with van der Waals surface area (Å²) >= 11 is 4.31. The zero-order chi connectivity index (χ0) is 7.40. The van der Waals surface area contributed by atoms with E-state index >= 15 is 0 Å². The van der Waals surface area contributed by atoms with Crippen molar-refractivity contribution >= 4 is 20.8 Å². The number of rotatable bonds is 2. The van der Waals surface area contributed by atoms with E-state index in [1.54, 1.807) is 24.3 Å². The van der Waals surface area contributed by atoms with E-state index in [0.717, 1.165) is 0 Å². The van der Waals surface area contributed by atoms with E-state index in [1.807, 2.05) is 6.07 Å². The average molecular weight is 197 g/mol. The summed E-state index contributed by atoms with van der Waals surface area (Å²) in [4.78, 5) is 0. The molecular weight excluding hydrogens is 191 g/mol. The van der Waals surface area contributed by atoms with Crippen molar-refractivity contribution in [2.45, 2.75) is 0 Å². The van der Waals surface area contributed by atoms with E-state index in [-0.39, 0.29) is 31.0 Å². The fraction of sp³-hybridized carbons (Fsp3) is 0. The monoisotopic (exact) mass is 197 g/mol. The second kappa shape index (κ2) is 5.97. The van der Waals surface area contributed by atoms with Crippen molar-refractivity contribution in [2.24, 2.45) is 0 Å². The number of para-hydroxylation sites is 1. The zero-order valence-electron chi connectivity index (χ0n) is 7.02. The van der Waals surface area contributed by atoms with E-state index in [9.17, 15) is 4.21 Å². The van der Waals surface area contributed by atoms with Gasteiger partial charge in [0, 0.05) is 0 Å². The predicted molar refractivity (Wildman–Crippen MR) is 43.6 cm³/mol. The molecule has 0 aromatic heterocycles. The van der Waals surface area contributed by atoms with Gasteiger partial charge in [-0.25, -0.2) is 0 Å². The van der Waals surface area contributed by atoms with Gasteiger partial charge in [-0.3, -0.25) is 0 Å². The summed E-state index contributed by atoms with van der Waals surface area (Å²) in [6.07, 6.45) is 0. The summed E-state index contributed by atoms with van der Waals surface area (Å²) in [5.74, 6) is 0.538. The Morgan fingerprint density at radius 1 is 1.36 bits per heavy atom. The first-order chi connectivity index (χ1) is 4.79. The van der Waals surface area contributed by atoms with Crippen molar-refractivity contribution in [3.63, 3.8) is 0 Å². The van der Waals surface area contributed by atoms with E-state index in [2.05, 4.69) is 11.2 Å². The Morgan fingerprint density at radius 3 is 2.36 bits per heavy atom. The molecule has 0 aliphatic carbocycles. The van der Waals surface area contributed by atoms with Crippen LogP contribution >= 0.6 is 0 Å². The maximum absolute atomic E-state index is 10.3. The minimum Gasteiger partial charge on any atom is -1.00 e. The number of benzene rings is 1. The molecule has 2 nitrogen and oxygen atoms in total. The summed E-state index contributed by atoms with van der Waals surface area (Å²) in [6, 6.07) is 8.82. The smallest absolute Gasteiger partial charge is 1.00 e. The van der Waals surface area contributed by atoms with Crippen LogP contribution < -0.4 is 33.7 Å². The SMILES string of the molecule is O=[S-](=S)Oc1ccccc1.[H-].[Na+]. The van der Waals surface area contributed by atoms with Gasteiger partial charge < -0.3 is 9.82 Å². The van der Waals surface area contributed by atoms with Gasteiger partial charge in [-0.15, -0.1) is 0 Å². The molecule has 1 aromatic rings. The molecule has 0 aliphatic rings. The van der Waals surface area contributed by atoms with Crippen LogP contribution in [0.4, 0.5) is 0 Å². The summed E-state index contributed by atoms with van der Waals surface area (Å²) in [7, 11) is -1.63. The van der Waals surface area contributed by atoms with Gasteiger partial charge in [-0.1, -0.05) is 18.2 Å². The van der Waals surface area contributed by atoms with Crippen molar-refractivity contribution < 1.29 is 39.4 Å². The first-order valence-corrected chi connectivity index (χ1v) is 4.61. The third-order valence-electron chi connectivity index (χ3n) is 0.907. The molecule has 11 heavy (non-hydrogen) atoms. The first-order valence-electron chi connectivity index (χ1n) is 2.61. The van der Waals surface area contributed by atoms with Crippen LogP contribution in [0, 0.1) is 0 Å². The van der Waals surface area contributed by atoms with Gasteiger partial charge in [-0.05, 0) is 21.8 Å². The molecule has 0 fully saturated rings. The van der Waals surface area contributed by atoms with Crippen LogP contribution in [0.2, 0.25) is 0 Å². The van der Waals surface area contributed by atoms with Crippen LogP contribution in [0.25, 0.3) is 0 Å². The Hall–Kier alpha value is 0.390. The molecule has 0 bridgehead atoms. The summed E-state index contributed by atoms with van der Waals surface area (Å²) in [5.41, 5.74) is 0. The van der Waals surface area contributed by atoms with Gasteiger partial charge in [0.15, 0.2) is 0 Å². The quantitative estimate of drug-likeness (QED) is 0.427. The molecule has 0 saturated heterocycles. The van der Waals surface area contributed by atoms with Crippen molar-refractivity contribution in [1.82, 2.24) is 0 Å². The second-order valence-electron chi connectivity index (χ2n) is 1.60. The Balaban J connectivity index is 0. The molecule has 1 aromatic carbocycles. The molecule has 56 valence electrons. The fourth-order valence-corrected chi connectivity index (χ4v) is 1.06. The molecule has 1 rings (SSSR count). The van der Waals surface area contributed by atoms with E-state index in [0.29, 0.717) is 5.75 Å². The Bertz CT molecular complexity index is 268. The Labute approximate surface area is 95.6 Å². The summed E-state index contributed by atoms with van der Waals surface area (Å²) < 4.78 is 15.0. The standard InChI is InChI=1S/C6H5O2S2.Na.H/c7-10(9)8-6-4-2-1-3-5-6;;/h1-5H;;/q-1;+1;-1. The Kier molecular flexibility index (Phi) is 6.18. The van der Waals surface area contributed by atoms with Crippen LogP contribution in [0.15, 0.2) is 30.3 Å². The minimum atomic E-state index is -1.63. The minimum absolute atomic E-state index is 0. The maximum Gasteiger partial charge on any atom is 1.00 e. The summed E-state index contributed by atoms with van der Waals surface area (Å²) in [6.45, 7) is 0. The van der Waals surface area contributed by atoms with Crippen molar-refractivity contribution in [3.8, 4) is 5.75 Å². The zero-order valence-corrected chi connectivity index (χ0v) is 9.65. The normalized spacial score (nSPS) is 8.82. The molecule has 0 amide bonds. The van der Waals surface area contributed by atoms with E-state index in [4.69, 9.17) is 4.18 Å². The third kappa shape index (κ3) is 4.76.